The Labute approximate surface area is 95.3 Å². The molecule has 1 N–H and O–H groups in total. The fraction of sp³-hybridized carbons (Fsp3) is 0.100. The molecule has 0 saturated carbocycles. The van der Waals surface area contributed by atoms with Gasteiger partial charge in [-0.05, 0) is 19.1 Å². The molecule has 5 nitrogen and oxygen atoms in total. The normalized spacial score (nSPS) is 10.1. The standard InChI is InChI=1S/C10H8N2O3S/c1-6-11-12-10(16-6)15-8-5-3-2-4-7(8)9(13)14/h2-5H,1H3,(H,13,14). The molecule has 82 valence electrons. The third-order valence-electron chi connectivity index (χ3n) is 1.82. The van der Waals surface area contributed by atoms with Gasteiger partial charge in [0, 0.05) is 0 Å². The van der Waals surface area contributed by atoms with E-state index in [-0.39, 0.29) is 11.3 Å². The van der Waals surface area contributed by atoms with Crippen molar-refractivity contribution >= 4 is 17.3 Å². The summed E-state index contributed by atoms with van der Waals surface area (Å²) in [5.74, 6) is -0.761. The highest BCUT2D eigenvalue weighted by atomic mass is 32.1. The van der Waals surface area contributed by atoms with Crippen molar-refractivity contribution in [3.63, 3.8) is 0 Å². The highest BCUT2D eigenvalue weighted by molar-refractivity contribution is 7.13. The van der Waals surface area contributed by atoms with E-state index in [1.54, 1.807) is 25.1 Å². The van der Waals surface area contributed by atoms with Gasteiger partial charge in [0.1, 0.15) is 16.3 Å². The highest BCUT2D eigenvalue weighted by Gasteiger charge is 2.12. The number of carboxylic acids is 1. The molecule has 0 aliphatic heterocycles. The first-order chi connectivity index (χ1) is 7.66. The number of ether oxygens (including phenoxy) is 1. The molecule has 0 spiro atoms. The summed E-state index contributed by atoms with van der Waals surface area (Å²) >= 11 is 1.27. The van der Waals surface area contributed by atoms with Gasteiger partial charge < -0.3 is 9.84 Å². The van der Waals surface area contributed by atoms with Gasteiger partial charge in [0.05, 0.1) is 0 Å². The number of hydrogen-bond donors (Lipinski definition) is 1. The molecule has 0 bridgehead atoms. The minimum atomic E-state index is -1.03. The molecule has 0 atom stereocenters. The summed E-state index contributed by atoms with van der Waals surface area (Å²) < 4.78 is 5.36. The van der Waals surface area contributed by atoms with Crippen molar-refractivity contribution in [1.82, 2.24) is 10.2 Å². The summed E-state index contributed by atoms with van der Waals surface area (Å²) in [6.45, 7) is 1.80. The fourth-order valence-corrected chi connectivity index (χ4v) is 1.69. The van der Waals surface area contributed by atoms with E-state index in [4.69, 9.17) is 9.84 Å². The first-order valence-electron chi connectivity index (χ1n) is 4.47. The Morgan fingerprint density at radius 2 is 2.12 bits per heavy atom. The van der Waals surface area contributed by atoms with Crippen LogP contribution in [-0.2, 0) is 0 Å². The number of benzene rings is 1. The fourth-order valence-electron chi connectivity index (χ4n) is 1.15. The molecule has 0 aliphatic carbocycles. The van der Waals surface area contributed by atoms with Crippen LogP contribution >= 0.6 is 11.3 Å². The molecule has 0 unspecified atom stereocenters. The van der Waals surface area contributed by atoms with Crippen molar-refractivity contribution < 1.29 is 14.6 Å². The van der Waals surface area contributed by atoms with Gasteiger partial charge in [-0.2, -0.15) is 0 Å². The smallest absolute Gasteiger partial charge is 0.339 e. The van der Waals surface area contributed by atoms with Crippen LogP contribution in [-0.4, -0.2) is 21.3 Å². The van der Waals surface area contributed by atoms with Crippen molar-refractivity contribution in [3.05, 3.63) is 34.8 Å². The Morgan fingerprint density at radius 1 is 1.38 bits per heavy atom. The molecule has 0 saturated heterocycles. The molecule has 2 rings (SSSR count). The van der Waals surface area contributed by atoms with Crippen LogP contribution in [0.2, 0.25) is 0 Å². The van der Waals surface area contributed by atoms with Crippen molar-refractivity contribution in [3.8, 4) is 10.9 Å². The molecule has 1 aromatic carbocycles. The van der Waals surface area contributed by atoms with E-state index >= 15 is 0 Å². The van der Waals surface area contributed by atoms with E-state index in [2.05, 4.69) is 10.2 Å². The summed E-state index contributed by atoms with van der Waals surface area (Å²) in [5.41, 5.74) is 0.107. The quantitative estimate of drug-likeness (QED) is 0.885. The van der Waals surface area contributed by atoms with E-state index in [0.717, 1.165) is 5.01 Å². The van der Waals surface area contributed by atoms with Crippen LogP contribution in [0, 0.1) is 6.92 Å². The van der Waals surface area contributed by atoms with E-state index in [1.165, 1.54) is 17.4 Å². The van der Waals surface area contributed by atoms with Crippen molar-refractivity contribution in [2.24, 2.45) is 0 Å². The zero-order chi connectivity index (χ0) is 11.5. The lowest BCUT2D eigenvalue weighted by molar-refractivity contribution is 0.0694. The lowest BCUT2D eigenvalue weighted by Crippen LogP contribution is -1.99. The maximum atomic E-state index is 10.9. The van der Waals surface area contributed by atoms with Crippen LogP contribution in [0.4, 0.5) is 0 Å². The van der Waals surface area contributed by atoms with Crippen LogP contribution in [0.15, 0.2) is 24.3 Å². The second kappa shape index (κ2) is 4.28. The van der Waals surface area contributed by atoms with Gasteiger partial charge in [0.2, 0.25) is 0 Å². The van der Waals surface area contributed by atoms with Crippen LogP contribution in [0.1, 0.15) is 15.4 Å². The second-order valence-corrected chi connectivity index (χ2v) is 4.13. The lowest BCUT2D eigenvalue weighted by Gasteiger charge is -2.03. The molecule has 0 radical (unpaired) electrons. The van der Waals surface area contributed by atoms with Crippen molar-refractivity contribution in [2.75, 3.05) is 0 Å². The Hall–Kier alpha value is -1.95. The first-order valence-corrected chi connectivity index (χ1v) is 5.29. The minimum absolute atomic E-state index is 0.107. The van der Waals surface area contributed by atoms with E-state index in [0.29, 0.717) is 5.19 Å². The molecule has 2 aromatic rings. The van der Waals surface area contributed by atoms with Gasteiger partial charge in [-0.25, -0.2) is 4.79 Å². The summed E-state index contributed by atoms with van der Waals surface area (Å²) in [5, 5.41) is 17.6. The van der Waals surface area contributed by atoms with Crippen LogP contribution in [0.3, 0.4) is 0 Å². The maximum absolute atomic E-state index is 10.9. The largest absolute Gasteiger partial charge is 0.478 e. The van der Waals surface area contributed by atoms with E-state index < -0.39 is 5.97 Å². The monoisotopic (exact) mass is 236 g/mol. The number of nitrogens with zero attached hydrogens (tertiary/aromatic N) is 2. The zero-order valence-electron chi connectivity index (χ0n) is 8.38. The predicted octanol–water partition coefficient (Wildman–Crippen LogP) is 2.34. The number of carbonyl (C=O) groups is 1. The molecule has 1 aromatic heterocycles. The number of aromatic nitrogens is 2. The summed E-state index contributed by atoms with van der Waals surface area (Å²) in [6.07, 6.45) is 0. The van der Waals surface area contributed by atoms with Gasteiger partial charge in [0.25, 0.3) is 5.19 Å². The lowest BCUT2D eigenvalue weighted by atomic mass is 10.2. The van der Waals surface area contributed by atoms with Gasteiger partial charge in [-0.3, -0.25) is 0 Å². The summed E-state index contributed by atoms with van der Waals surface area (Å²) in [6, 6.07) is 6.41. The van der Waals surface area contributed by atoms with Crippen molar-refractivity contribution in [1.29, 1.82) is 0 Å². The molecule has 0 aliphatic rings. The third-order valence-corrected chi connectivity index (χ3v) is 2.54. The maximum Gasteiger partial charge on any atom is 0.339 e. The number of para-hydroxylation sites is 1. The molecule has 6 heteroatoms. The molecule has 0 amide bonds. The highest BCUT2D eigenvalue weighted by Crippen LogP contribution is 2.27. The molecular weight excluding hydrogens is 228 g/mol. The average Bonchev–Trinajstić information content (AvgIpc) is 2.64. The molecule has 16 heavy (non-hydrogen) atoms. The number of hydrogen-bond acceptors (Lipinski definition) is 5. The molecule has 1 heterocycles. The molecular formula is C10H8N2O3S. The number of aryl methyl sites for hydroxylation is 1. The SMILES string of the molecule is Cc1nnc(Oc2ccccc2C(=O)O)s1. The van der Waals surface area contributed by atoms with Gasteiger partial charge in [0.15, 0.2) is 0 Å². The average molecular weight is 236 g/mol. The van der Waals surface area contributed by atoms with Gasteiger partial charge >= 0.3 is 5.97 Å². The Balaban J connectivity index is 2.31. The molecule has 0 fully saturated rings. The topological polar surface area (TPSA) is 72.3 Å². The van der Waals surface area contributed by atoms with Gasteiger partial charge in [-0.15, -0.1) is 5.10 Å². The number of aromatic carboxylic acids is 1. The van der Waals surface area contributed by atoms with Crippen LogP contribution in [0.5, 0.6) is 10.9 Å². The minimum Gasteiger partial charge on any atom is -0.478 e. The Kier molecular flexibility index (Phi) is 2.82. The first kappa shape index (κ1) is 10.6. The van der Waals surface area contributed by atoms with Crippen LogP contribution < -0.4 is 4.74 Å². The summed E-state index contributed by atoms with van der Waals surface area (Å²) in [7, 11) is 0. The van der Waals surface area contributed by atoms with Gasteiger partial charge in [-0.1, -0.05) is 28.6 Å². The summed E-state index contributed by atoms with van der Waals surface area (Å²) in [4.78, 5) is 10.9. The number of carboxylic acid groups (broad SMARTS) is 1. The Bertz CT molecular complexity index is 524. The predicted molar refractivity (Wildman–Crippen MR) is 58.1 cm³/mol. The van der Waals surface area contributed by atoms with Crippen molar-refractivity contribution in [2.45, 2.75) is 6.92 Å². The van der Waals surface area contributed by atoms with Crippen LogP contribution in [0.25, 0.3) is 0 Å². The zero-order valence-corrected chi connectivity index (χ0v) is 9.19. The van der Waals surface area contributed by atoms with E-state index in [1.807, 2.05) is 0 Å². The Morgan fingerprint density at radius 3 is 2.75 bits per heavy atom. The van der Waals surface area contributed by atoms with E-state index in [9.17, 15) is 4.79 Å². The third kappa shape index (κ3) is 2.17. The number of rotatable bonds is 3. The second-order valence-electron chi connectivity index (χ2n) is 2.99.